The number of hydrogen-bond acceptors (Lipinski definition) is 1. The minimum absolute atomic E-state index is 0.825. The van der Waals surface area contributed by atoms with Gasteiger partial charge in [-0.3, -0.25) is 0 Å². The summed E-state index contributed by atoms with van der Waals surface area (Å²) in [6, 6.07) is 1.67. The van der Waals surface area contributed by atoms with Gasteiger partial charge >= 0.3 is 0 Å². The van der Waals surface area contributed by atoms with Gasteiger partial charge in [-0.25, -0.2) is 0 Å². The van der Waals surface area contributed by atoms with E-state index in [1.54, 1.807) is 0 Å². The minimum Gasteiger partial charge on any atom is -0.320 e. The van der Waals surface area contributed by atoms with E-state index in [-0.39, 0.29) is 0 Å². The van der Waals surface area contributed by atoms with E-state index < -0.39 is 0 Å². The molecule has 3 aliphatic rings. The van der Waals surface area contributed by atoms with Crippen LogP contribution < -0.4 is 5.32 Å². The lowest BCUT2D eigenvalue weighted by Gasteiger charge is -2.44. The van der Waals surface area contributed by atoms with Crippen LogP contribution in [0.4, 0.5) is 0 Å². The zero-order chi connectivity index (χ0) is 8.60. The zero-order valence-corrected chi connectivity index (χ0v) is 8.34. The molecular formula is C10H21N2+. The molecule has 0 atom stereocenters. The van der Waals surface area contributed by atoms with Gasteiger partial charge in [0.1, 0.15) is 0 Å². The number of nitrogens with one attached hydrogen (secondary N) is 1. The molecule has 0 unspecified atom stereocenters. The summed E-state index contributed by atoms with van der Waals surface area (Å²) in [5.41, 5.74) is 0. The standard InChI is InChI=1S/C10H21N2/c1-9(2)12-6-3-10(4-7-12)11-5-8-12/h9-11H,3-8H2,1-2H3/q+1. The molecule has 3 fully saturated rings. The highest BCUT2D eigenvalue weighted by Crippen LogP contribution is 2.25. The summed E-state index contributed by atoms with van der Waals surface area (Å²) in [5.74, 6) is 0. The van der Waals surface area contributed by atoms with E-state index in [0.717, 1.165) is 12.1 Å². The average Bonchev–Trinajstić information content (AvgIpc) is 2.37. The number of piperidine rings is 1. The second kappa shape index (κ2) is 3.00. The highest BCUT2D eigenvalue weighted by atomic mass is 15.4. The molecule has 0 amide bonds. The normalized spacial score (nSPS) is 41.8. The maximum absolute atomic E-state index is 3.64. The molecule has 3 saturated heterocycles. The second-order valence-electron chi connectivity index (χ2n) is 4.71. The summed E-state index contributed by atoms with van der Waals surface area (Å²) in [5, 5.41) is 3.64. The molecule has 0 radical (unpaired) electrons. The van der Waals surface area contributed by atoms with Gasteiger partial charge in [0.2, 0.25) is 0 Å². The van der Waals surface area contributed by atoms with Gasteiger partial charge in [0.05, 0.1) is 25.7 Å². The molecule has 70 valence electrons. The summed E-state index contributed by atoms with van der Waals surface area (Å²) < 4.78 is 1.38. The first kappa shape index (κ1) is 8.52. The first-order valence-electron chi connectivity index (χ1n) is 5.32. The SMILES string of the molecule is CC(C)[N+]12CCNC(CC1)CC2. The van der Waals surface area contributed by atoms with Crippen molar-refractivity contribution in [1.82, 2.24) is 5.32 Å². The van der Waals surface area contributed by atoms with Gasteiger partial charge in [0, 0.05) is 25.4 Å². The van der Waals surface area contributed by atoms with Crippen LogP contribution in [0.25, 0.3) is 0 Å². The monoisotopic (exact) mass is 169 g/mol. The van der Waals surface area contributed by atoms with E-state index in [9.17, 15) is 0 Å². The maximum Gasteiger partial charge on any atom is 0.0915 e. The van der Waals surface area contributed by atoms with Crippen LogP contribution in [0.15, 0.2) is 0 Å². The fraction of sp³-hybridized carbons (Fsp3) is 1.00. The van der Waals surface area contributed by atoms with Crippen molar-refractivity contribution in [2.45, 2.75) is 38.8 Å². The molecule has 2 heteroatoms. The molecule has 0 saturated carbocycles. The van der Waals surface area contributed by atoms with Crippen LogP contribution in [0.3, 0.4) is 0 Å². The van der Waals surface area contributed by atoms with Crippen LogP contribution in [-0.4, -0.2) is 42.7 Å². The Morgan fingerprint density at radius 1 is 1.17 bits per heavy atom. The molecular weight excluding hydrogens is 148 g/mol. The van der Waals surface area contributed by atoms with Gasteiger partial charge in [-0.2, -0.15) is 0 Å². The largest absolute Gasteiger partial charge is 0.320 e. The fourth-order valence-corrected chi connectivity index (χ4v) is 2.78. The van der Waals surface area contributed by atoms with Crippen LogP contribution in [0.1, 0.15) is 26.7 Å². The summed E-state index contributed by atoms with van der Waals surface area (Å²) in [6.07, 6.45) is 2.80. The Morgan fingerprint density at radius 2 is 1.83 bits per heavy atom. The molecule has 2 bridgehead atoms. The van der Waals surface area contributed by atoms with Crippen LogP contribution in [0.5, 0.6) is 0 Å². The second-order valence-corrected chi connectivity index (χ2v) is 4.71. The van der Waals surface area contributed by atoms with Gasteiger partial charge in [-0.15, -0.1) is 0 Å². The molecule has 0 spiro atoms. The van der Waals surface area contributed by atoms with E-state index in [2.05, 4.69) is 19.2 Å². The topological polar surface area (TPSA) is 12.0 Å². The Kier molecular flexibility index (Phi) is 2.13. The number of fused-ring (bicyclic) bond motifs is 4. The van der Waals surface area contributed by atoms with E-state index >= 15 is 0 Å². The first-order chi connectivity index (χ1) is 5.73. The van der Waals surface area contributed by atoms with Crippen LogP contribution >= 0.6 is 0 Å². The summed E-state index contributed by atoms with van der Waals surface area (Å²) in [4.78, 5) is 0. The van der Waals surface area contributed by atoms with Crippen LogP contribution in [0.2, 0.25) is 0 Å². The predicted molar refractivity (Wildman–Crippen MR) is 51.0 cm³/mol. The highest BCUT2D eigenvalue weighted by molar-refractivity contribution is 4.76. The summed E-state index contributed by atoms with van der Waals surface area (Å²) in [6.45, 7) is 10.2. The molecule has 0 aromatic heterocycles. The number of rotatable bonds is 1. The van der Waals surface area contributed by atoms with Gasteiger partial charge < -0.3 is 9.80 Å². The first-order valence-corrected chi connectivity index (χ1v) is 5.32. The third-order valence-corrected chi connectivity index (χ3v) is 3.93. The van der Waals surface area contributed by atoms with E-state index in [0.29, 0.717) is 0 Å². The molecule has 3 aliphatic heterocycles. The minimum atomic E-state index is 0.825. The van der Waals surface area contributed by atoms with Crippen molar-refractivity contribution in [2.24, 2.45) is 0 Å². The Labute approximate surface area is 75.5 Å². The van der Waals surface area contributed by atoms with E-state index in [4.69, 9.17) is 0 Å². The number of nitrogens with zero attached hydrogens (tertiary/aromatic N) is 1. The van der Waals surface area contributed by atoms with Crippen molar-refractivity contribution in [2.75, 3.05) is 26.2 Å². The van der Waals surface area contributed by atoms with Gasteiger partial charge in [0.25, 0.3) is 0 Å². The van der Waals surface area contributed by atoms with Crippen molar-refractivity contribution in [3.05, 3.63) is 0 Å². The fourth-order valence-electron chi connectivity index (χ4n) is 2.78. The van der Waals surface area contributed by atoms with Crippen molar-refractivity contribution in [3.8, 4) is 0 Å². The number of hydrogen-bond donors (Lipinski definition) is 1. The maximum atomic E-state index is 3.64. The Bertz CT molecular complexity index is 152. The zero-order valence-electron chi connectivity index (χ0n) is 8.34. The smallest absolute Gasteiger partial charge is 0.0915 e. The van der Waals surface area contributed by atoms with Crippen LogP contribution in [-0.2, 0) is 0 Å². The molecule has 0 aromatic rings. The third-order valence-electron chi connectivity index (χ3n) is 3.93. The van der Waals surface area contributed by atoms with E-state index in [1.165, 1.54) is 43.5 Å². The quantitative estimate of drug-likeness (QED) is 0.577. The van der Waals surface area contributed by atoms with Gasteiger partial charge in [0.15, 0.2) is 0 Å². The summed E-state index contributed by atoms with van der Waals surface area (Å²) in [7, 11) is 0. The lowest BCUT2D eigenvalue weighted by atomic mass is 10.0. The van der Waals surface area contributed by atoms with Crippen molar-refractivity contribution >= 4 is 0 Å². The Morgan fingerprint density at radius 3 is 2.42 bits per heavy atom. The third kappa shape index (κ3) is 1.27. The molecule has 12 heavy (non-hydrogen) atoms. The van der Waals surface area contributed by atoms with Crippen molar-refractivity contribution in [1.29, 1.82) is 0 Å². The van der Waals surface area contributed by atoms with Gasteiger partial charge in [-0.1, -0.05) is 0 Å². The van der Waals surface area contributed by atoms with E-state index in [1.807, 2.05) is 0 Å². The predicted octanol–water partition coefficient (Wildman–Crippen LogP) is 0.977. The molecule has 2 nitrogen and oxygen atoms in total. The average molecular weight is 169 g/mol. The van der Waals surface area contributed by atoms with Crippen LogP contribution in [0, 0.1) is 0 Å². The molecule has 3 heterocycles. The van der Waals surface area contributed by atoms with Gasteiger partial charge in [-0.05, 0) is 13.8 Å². The highest BCUT2D eigenvalue weighted by Gasteiger charge is 2.38. The summed E-state index contributed by atoms with van der Waals surface area (Å²) >= 11 is 0. The molecule has 0 aromatic carbocycles. The molecule has 1 N–H and O–H groups in total. The number of quaternary nitrogens is 1. The Balaban J connectivity index is 2.14. The Hall–Kier alpha value is -0.0800. The molecule has 3 rings (SSSR count). The lowest BCUT2D eigenvalue weighted by molar-refractivity contribution is -0.948. The molecule has 0 aliphatic carbocycles. The van der Waals surface area contributed by atoms with Crippen molar-refractivity contribution in [3.63, 3.8) is 0 Å². The lowest BCUT2D eigenvalue weighted by Crippen LogP contribution is -2.57. The van der Waals surface area contributed by atoms with Crippen molar-refractivity contribution < 1.29 is 4.48 Å².